The molecule has 12 heavy (non-hydrogen) atoms. The fourth-order valence-electron chi connectivity index (χ4n) is 0.851. The highest BCUT2D eigenvalue weighted by atomic mass is 35.5. The van der Waals surface area contributed by atoms with E-state index >= 15 is 0 Å². The summed E-state index contributed by atoms with van der Waals surface area (Å²) in [5.74, 6) is 0. The number of rotatable bonds is 3. The lowest BCUT2D eigenvalue weighted by atomic mass is 10.3. The van der Waals surface area contributed by atoms with Crippen LogP contribution in [0, 0.1) is 0 Å². The fourth-order valence-corrected chi connectivity index (χ4v) is 1.05. The normalized spacial score (nSPS) is 9.50. The van der Waals surface area contributed by atoms with Crippen molar-refractivity contribution in [2.24, 2.45) is 0 Å². The Bertz CT molecular complexity index is 281. The van der Waals surface area contributed by atoms with Gasteiger partial charge in [0.25, 0.3) is 0 Å². The van der Waals surface area contributed by atoms with Crippen molar-refractivity contribution in [3.05, 3.63) is 41.4 Å². The molecule has 0 saturated heterocycles. The molecule has 2 heteroatoms. The molecule has 0 unspecified atom stereocenters. The van der Waals surface area contributed by atoms with Crippen LogP contribution in [0.15, 0.2) is 36.4 Å². The van der Waals surface area contributed by atoms with Crippen molar-refractivity contribution in [2.45, 2.75) is 6.92 Å². The molecule has 0 atom stereocenters. The van der Waals surface area contributed by atoms with Crippen molar-refractivity contribution < 1.29 is 0 Å². The van der Waals surface area contributed by atoms with Gasteiger partial charge in [0.1, 0.15) is 0 Å². The summed E-state index contributed by atoms with van der Waals surface area (Å²) in [7, 11) is 0. The van der Waals surface area contributed by atoms with Gasteiger partial charge in [-0.3, -0.25) is 0 Å². The molecule has 1 nitrogen and oxygen atoms in total. The van der Waals surface area contributed by atoms with Crippen molar-refractivity contribution in [3.63, 3.8) is 0 Å². The van der Waals surface area contributed by atoms with Crippen LogP contribution in [-0.2, 0) is 0 Å². The Hall–Kier alpha value is -0.950. The summed E-state index contributed by atoms with van der Waals surface area (Å²) in [5.41, 5.74) is 2.05. The van der Waals surface area contributed by atoms with Gasteiger partial charge in [-0.25, -0.2) is 0 Å². The summed E-state index contributed by atoms with van der Waals surface area (Å²) in [5, 5.41) is 3.93. The summed E-state index contributed by atoms with van der Waals surface area (Å²) in [4.78, 5) is 0. The molecular weight excluding hydrogens is 170 g/mol. The van der Waals surface area contributed by atoms with Gasteiger partial charge in [-0.15, -0.1) is 0 Å². The first-order valence-electron chi connectivity index (χ1n) is 3.83. The average Bonchev–Trinajstić information content (AvgIpc) is 2.03. The molecule has 0 fully saturated rings. The van der Waals surface area contributed by atoms with Gasteiger partial charge in [-0.1, -0.05) is 35.9 Å². The van der Waals surface area contributed by atoms with Crippen LogP contribution in [0.3, 0.4) is 0 Å². The highest BCUT2D eigenvalue weighted by molar-refractivity contribution is 6.33. The van der Waals surface area contributed by atoms with E-state index < -0.39 is 0 Å². The van der Waals surface area contributed by atoms with Crippen LogP contribution in [0.1, 0.15) is 6.92 Å². The van der Waals surface area contributed by atoms with Crippen molar-refractivity contribution in [2.75, 3.05) is 11.9 Å². The van der Waals surface area contributed by atoms with E-state index in [0.29, 0.717) is 0 Å². The van der Waals surface area contributed by atoms with E-state index in [1.165, 1.54) is 0 Å². The SMILES string of the molecule is C=C(C)CNc1ccccc1Cl. The molecule has 0 heterocycles. The topological polar surface area (TPSA) is 12.0 Å². The van der Waals surface area contributed by atoms with Gasteiger partial charge in [-0.05, 0) is 19.1 Å². The molecule has 64 valence electrons. The van der Waals surface area contributed by atoms with Crippen LogP contribution >= 0.6 is 11.6 Å². The monoisotopic (exact) mass is 181 g/mol. The van der Waals surface area contributed by atoms with Gasteiger partial charge in [0.05, 0.1) is 10.7 Å². The first-order valence-corrected chi connectivity index (χ1v) is 4.20. The zero-order chi connectivity index (χ0) is 8.97. The van der Waals surface area contributed by atoms with Gasteiger partial charge >= 0.3 is 0 Å². The third kappa shape index (κ3) is 2.59. The van der Waals surface area contributed by atoms with Crippen molar-refractivity contribution >= 4 is 17.3 Å². The van der Waals surface area contributed by atoms with Crippen LogP contribution < -0.4 is 5.32 Å². The molecule has 1 aromatic rings. The van der Waals surface area contributed by atoms with E-state index in [1.54, 1.807) is 0 Å². The number of nitrogens with one attached hydrogen (secondary N) is 1. The minimum absolute atomic E-state index is 0.749. The number of anilines is 1. The highest BCUT2D eigenvalue weighted by Gasteiger charge is 1.95. The fraction of sp³-hybridized carbons (Fsp3) is 0.200. The minimum atomic E-state index is 0.749. The van der Waals surface area contributed by atoms with Crippen LogP contribution in [0.5, 0.6) is 0 Å². The van der Waals surface area contributed by atoms with Gasteiger partial charge in [-0.2, -0.15) is 0 Å². The summed E-state index contributed by atoms with van der Waals surface area (Å²) in [6, 6.07) is 7.68. The zero-order valence-electron chi connectivity index (χ0n) is 7.10. The predicted octanol–water partition coefficient (Wildman–Crippen LogP) is 3.33. The Kier molecular flexibility index (Phi) is 3.18. The van der Waals surface area contributed by atoms with Gasteiger partial charge in [0, 0.05) is 6.54 Å². The molecule has 0 amide bonds. The van der Waals surface area contributed by atoms with E-state index in [2.05, 4.69) is 11.9 Å². The smallest absolute Gasteiger partial charge is 0.0637 e. The zero-order valence-corrected chi connectivity index (χ0v) is 7.86. The van der Waals surface area contributed by atoms with Crippen molar-refractivity contribution in [3.8, 4) is 0 Å². The van der Waals surface area contributed by atoms with Gasteiger partial charge < -0.3 is 5.32 Å². The summed E-state index contributed by atoms with van der Waals surface area (Å²) < 4.78 is 0. The average molecular weight is 182 g/mol. The van der Waals surface area contributed by atoms with Gasteiger partial charge in [0.15, 0.2) is 0 Å². The molecule has 0 aliphatic rings. The second kappa shape index (κ2) is 4.17. The largest absolute Gasteiger partial charge is 0.380 e. The number of para-hydroxylation sites is 1. The van der Waals surface area contributed by atoms with Crippen LogP contribution in [0.2, 0.25) is 5.02 Å². The molecule has 0 spiro atoms. The standard InChI is InChI=1S/C10H12ClN/c1-8(2)7-12-10-6-4-3-5-9(10)11/h3-6,12H,1,7H2,2H3. The molecule has 0 radical (unpaired) electrons. The van der Waals surface area contributed by atoms with E-state index in [9.17, 15) is 0 Å². The molecule has 0 aromatic heterocycles. The number of halogens is 1. The van der Waals surface area contributed by atoms with Crippen LogP contribution in [-0.4, -0.2) is 6.54 Å². The first-order chi connectivity index (χ1) is 5.70. The van der Waals surface area contributed by atoms with Crippen LogP contribution in [0.25, 0.3) is 0 Å². The molecule has 1 N–H and O–H groups in total. The minimum Gasteiger partial charge on any atom is -0.380 e. The summed E-state index contributed by atoms with van der Waals surface area (Å²) >= 11 is 5.92. The number of hydrogen-bond donors (Lipinski definition) is 1. The highest BCUT2D eigenvalue weighted by Crippen LogP contribution is 2.20. The van der Waals surface area contributed by atoms with Crippen molar-refractivity contribution in [1.29, 1.82) is 0 Å². The summed E-state index contributed by atoms with van der Waals surface area (Å²) in [6.07, 6.45) is 0. The maximum Gasteiger partial charge on any atom is 0.0637 e. The Morgan fingerprint density at radius 2 is 2.17 bits per heavy atom. The number of hydrogen-bond acceptors (Lipinski definition) is 1. The molecule has 0 aliphatic carbocycles. The van der Waals surface area contributed by atoms with Crippen LogP contribution in [0.4, 0.5) is 5.69 Å². The summed E-state index contributed by atoms with van der Waals surface area (Å²) in [6.45, 7) is 6.54. The lowest BCUT2D eigenvalue weighted by Crippen LogP contribution is -2.01. The molecule has 0 bridgehead atoms. The molecule has 1 rings (SSSR count). The van der Waals surface area contributed by atoms with E-state index in [4.69, 9.17) is 11.6 Å². The molecular formula is C10H12ClN. The Morgan fingerprint density at radius 3 is 2.75 bits per heavy atom. The third-order valence-corrected chi connectivity index (χ3v) is 1.78. The number of benzene rings is 1. The Labute approximate surface area is 78.1 Å². The maximum absolute atomic E-state index is 5.92. The second-order valence-corrected chi connectivity index (χ2v) is 3.20. The first kappa shape index (κ1) is 9.14. The van der Waals surface area contributed by atoms with Crippen molar-refractivity contribution in [1.82, 2.24) is 0 Å². The molecule has 0 aliphatic heterocycles. The lowest BCUT2D eigenvalue weighted by molar-refractivity contribution is 1.22. The van der Waals surface area contributed by atoms with E-state index in [1.807, 2.05) is 31.2 Å². The second-order valence-electron chi connectivity index (χ2n) is 2.79. The van der Waals surface area contributed by atoms with E-state index in [0.717, 1.165) is 22.8 Å². The maximum atomic E-state index is 5.92. The molecule has 0 saturated carbocycles. The molecule has 1 aromatic carbocycles. The quantitative estimate of drug-likeness (QED) is 0.706. The Morgan fingerprint density at radius 1 is 1.50 bits per heavy atom. The third-order valence-electron chi connectivity index (χ3n) is 1.45. The predicted molar refractivity (Wildman–Crippen MR) is 54.8 cm³/mol. The lowest BCUT2D eigenvalue weighted by Gasteiger charge is -2.06. The van der Waals surface area contributed by atoms with E-state index in [-0.39, 0.29) is 0 Å². The Balaban J connectivity index is 2.63. The van der Waals surface area contributed by atoms with Gasteiger partial charge in [0.2, 0.25) is 0 Å².